The lowest BCUT2D eigenvalue weighted by molar-refractivity contribution is -0.138. The number of hydrogen-bond acceptors (Lipinski definition) is 3. The Hall–Kier alpha value is -1.84. The van der Waals surface area contributed by atoms with E-state index in [1.807, 2.05) is 36.4 Å². The number of carbonyl (C=O) groups is 2. The van der Waals surface area contributed by atoms with Crippen LogP contribution in [0.15, 0.2) is 52.5 Å². The van der Waals surface area contributed by atoms with E-state index in [1.165, 1.54) is 0 Å². The molecule has 0 fully saturated rings. The van der Waals surface area contributed by atoms with Crippen LogP contribution in [0.1, 0.15) is 16.8 Å². The lowest BCUT2D eigenvalue weighted by atomic mass is 10.0. The van der Waals surface area contributed by atoms with Crippen molar-refractivity contribution in [2.24, 2.45) is 0 Å². The minimum atomic E-state index is -0.786. The molecular formula is C16H10Cl2O3. The first-order chi connectivity index (χ1) is 10.1. The van der Waals surface area contributed by atoms with Gasteiger partial charge in [0.25, 0.3) is 0 Å². The molecule has 1 aliphatic rings. The highest BCUT2D eigenvalue weighted by Gasteiger charge is 2.33. The Morgan fingerprint density at radius 2 is 1.81 bits per heavy atom. The second-order valence-corrected chi connectivity index (χ2v) is 5.53. The second kappa shape index (κ2) is 5.51. The van der Waals surface area contributed by atoms with Gasteiger partial charge in [0.15, 0.2) is 5.78 Å². The average molecular weight is 321 g/mol. The van der Waals surface area contributed by atoms with E-state index in [0.717, 1.165) is 10.8 Å². The van der Waals surface area contributed by atoms with Crippen LogP contribution in [0.5, 0.6) is 0 Å². The number of fused-ring (bicyclic) bond motifs is 1. The molecule has 3 nitrogen and oxygen atoms in total. The molecule has 0 spiro atoms. The fourth-order valence-electron chi connectivity index (χ4n) is 2.25. The summed E-state index contributed by atoms with van der Waals surface area (Å²) in [6, 6.07) is 13.2. The normalized spacial score (nSPS) is 18.2. The predicted octanol–water partition coefficient (Wildman–Crippen LogP) is 4.03. The van der Waals surface area contributed by atoms with Crippen molar-refractivity contribution < 1.29 is 14.3 Å². The van der Waals surface area contributed by atoms with E-state index in [4.69, 9.17) is 27.9 Å². The zero-order valence-corrected chi connectivity index (χ0v) is 12.3. The summed E-state index contributed by atoms with van der Waals surface area (Å²) in [6.07, 6.45) is -0.801. The standard InChI is InChI=1S/C16H10Cl2O3/c17-14-13(21-16(20)15(14)18)8-12(19)11-6-5-9-3-1-2-4-10(9)7-11/h1-7,13H,8H2/t13-/m0/s1. The highest BCUT2D eigenvalue weighted by Crippen LogP contribution is 2.31. The maximum Gasteiger partial charge on any atom is 0.351 e. The number of Topliss-reactive ketones (excluding diaryl/α,β-unsaturated/α-hetero) is 1. The highest BCUT2D eigenvalue weighted by atomic mass is 35.5. The van der Waals surface area contributed by atoms with Crippen LogP contribution in [-0.2, 0) is 9.53 Å². The number of halogens is 2. The van der Waals surface area contributed by atoms with Crippen molar-refractivity contribution in [3.8, 4) is 0 Å². The number of hydrogen-bond donors (Lipinski definition) is 0. The SMILES string of the molecule is O=C1O[C@@H](CC(=O)c2ccc3ccccc3c2)C(Cl)=C1Cl. The number of carbonyl (C=O) groups excluding carboxylic acids is 2. The molecule has 106 valence electrons. The minimum Gasteiger partial charge on any atom is -0.452 e. The molecule has 0 aromatic heterocycles. The van der Waals surface area contributed by atoms with Crippen LogP contribution >= 0.6 is 23.2 Å². The van der Waals surface area contributed by atoms with Gasteiger partial charge in [-0.05, 0) is 16.8 Å². The molecule has 1 atom stereocenters. The van der Waals surface area contributed by atoms with Crippen LogP contribution < -0.4 is 0 Å². The van der Waals surface area contributed by atoms with Gasteiger partial charge in [0, 0.05) is 5.56 Å². The molecule has 0 bridgehead atoms. The Balaban J connectivity index is 1.83. The van der Waals surface area contributed by atoms with Crippen LogP contribution in [0.2, 0.25) is 0 Å². The molecule has 0 radical (unpaired) electrons. The Kier molecular flexibility index (Phi) is 3.70. The third-order valence-electron chi connectivity index (χ3n) is 3.36. The van der Waals surface area contributed by atoms with Crippen LogP contribution in [0, 0.1) is 0 Å². The van der Waals surface area contributed by atoms with Gasteiger partial charge in [0.2, 0.25) is 0 Å². The van der Waals surface area contributed by atoms with Gasteiger partial charge < -0.3 is 4.74 Å². The maximum atomic E-state index is 12.3. The van der Waals surface area contributed by atoms with Crippen molar-refractivity contribution in [1.29, 1.82) is 0 Å². The topological polar surface area (TPSA) is 43.4 Å². The first-order valence-corrected chi connectivity index (χ1v) is 7.10. The van der Waals surface area contributed by atoms with E-state index in [0.29, 0.717) is 5.56 Å². The summed E-state index contributed by atoms with van der Waals surface area (Å²) in [4.78, 5) is 23.6. The van der Waals surface area contributed by atoms with Gasteiger partial charge in [-0.2, -0.15) is 0 Å². The largest absolute Gasteiger partial charge is 0.452 e. The van der Waals surface area contributed by atoms with Crippen molar-refractivity contribution in [1.82, 2.24) is 0 Å². The van der Waals surface area contributed by atoms with Crippen molar-refractivity contribution in [3.05, 3.63) is 58.1 Å². The minimum absolute atomic E-state index is 0.0147. The molecule has 5 heteroatoms. The summed E-state index contributed by atoms with van der Waals surface area (Å²) in [5.41, 5.74) is 0.553. The van der Waals surface area contributed by atoms with Crippen LogP contribution in [0.4, 0.5) is 0 Å². The Morgan fingerprint density at radius 3 is 2.48 bits per heavy atom. The summed E-state index contributed by atoms with van der Waals surface area (Å²) in [7, 11) is 0. The van der Waals surface area contributed by atoms with Gasteiger partial charge >= 0.3 is 5.97 Å². The summed E-state index contributed by atoms with van der Waals surface area (Å²) in [5.74, 6) is -0.832. The third-order valence-corrected chi connectivity index (χ3v) is 4.25. The summed E-state index contributed by atoms with van der Waals surface area (Å²) < 4.78 is 4.97. The number of esters is 1. The van der Waals surface area contributed by atoms with Crippen LogP contribution in [0.25, 0.3) is 10.8 Å². The van der Waals surface area contributed by atoms with E-state index < -0.39 is 12.1 Å². The van der Waals surface area contributed by atoms with Crippen LogP contribution in [-0.4, -0.2) is 17.9 Å². The molecule has 0 unspecified atom stereocenters. The van der Waals surface area contributed by atoms with Crippen molar-refractivity contribution >= 4 is 45.7 Å². The molecule has 3 rings (SSSR count). The Bertz CT molecular complexity index is 780. The molecule has 0 aliphatic carbocycles. The Morgan fingerprint density at radius 1 is 1.10 bits per heavy atom. The molecule has 1 aliphatic heterocycles. The molecule has 1 heterocycles. The molecule has 0 saturated carbocycles. The van der Waals surface area contributed by atoms with Gasteiger partial charge in [-0.1, -0.05) is 59.6 Å². The quantitative estimate of drug-likeness (QED) is 0.633. The average Bonchev–Trinajstić information content (AvgIpc) is 2.74. The second-order valence-electron chi connectivity index (χ2n) is 4.75. The van der Waals surface area contributed by atoms with E-state index in [-0.39, 0.29) is 22.3 Å². The number of benzene rings is 2. The molecular weight excluding hydrogens is 311 g/mol. The lowest BCUT2D eigenvalue weighted by Crippen LogP contribution is -2.15. The van der Waals surface area contributed by atoms with Crippen molar-refractivity contribution in [3.63, 3.8) is 0 Å². The first-order valence-electron chi connectivity index (χ1n) is 6.34. The summed E-state index contributed by atoms with van der Waals surface area (Å²) in [5, 5.41) is 1.98. The van der Waals surface area contributed by atoms with E-state index in [1.54, 1.807) is 6.07 Å². The highest BCUT2D eigenvalue weighted by molar-refractivity contribution is 6.48. The third kappa shape index (κ3) is 2.67. The van der Waals surface area contributed by atoms with E-state index >= 15 is 0 Å². The first kappa shape index (κ1) is 14.1. The zero-order chi connectivity index (χ0) is 15.0. The molecule has 0 amide bonds. The molecule has 21 heavy (non-hydrogen) atoms. The number of cyclic esters (lactones) is 1. The number of ketones is 1. The molecule has 2 aromatic carbocycles. The lowest BCUT2D eigenvalue weighted by Gasteiger charge is -2.09. The molecule has 0 saturated heterocycles. The van der Waals surface area contributed by atoms with Crippen molar-refractivity contribution in [2.45, 2.75) is 12.5 Å². The van der Waals surface area contributed by atoms with E-state index in [2.05, 4.69) is 0 Å². The number of rotatable bonds is 3. The van der Waals surface area contributed by atoms with Gasteiger partial charge in [-0.15, -0.1) is 0 Å². The van der Waals surface area contributed by atoms with Crippen LogP contribution in [0.3, 0.4) is 0 Å². The van der Waals surface area contributed by atoms with E-state index in [9.17, 15) is 9.59 Å². The van der Waals surface area contributed by atoms with Gasteiger partial charge in [0.1, 0.15) is 11.1 Å². The summed E-state index contributed by atoms with van der Waals surface area (Å²) in [6.45, 7) is 0. The molecule has 0 N–H and O–H groups in total. The van der Waals surface area contributed by atoms with Crippen molar-refractivity contribution in [2.75, 3.05) is 0 Å². The molecule has 2 aromatic rings. The zero-order valence-electron chi connectivity index (χ0n) is 10.8. The predicted molar refractivity (Wildman–Crippen MR) is 81.5 cm³/mol. The maximum absolute atomic E-state index is 12.3. The smallest absolute Gasteiger partial charge is 0.351 e. The van der Waals surface area contributed by atoms with Gasteiger partial charge in [-0.3, -0.25) is 4.79 Å². The van der Waals surface area contributed by atoms with Gasteiger partial charge in [0.05, 0.1) is 11.5 Å². The monoisotopic (exact) mass is 320 g/mol. The Labute approximate surface area is 131 Å². The van der Waals surface area contributed by atoms with Gasteiger partial charge in [-0.25, -0.2) is 4.79 Å². The fourth-order valence-corrected chi connectivity index (χ4v) is 2.62. The fraction of sp³-hybridized carbons (Fsp3) is 0.125. The summed E-state index contributed by atoms with van der Waals surface area (Å²) >= 11 is 11.6. The number of ether oxygens (including phenoxy) is 1.